The number of pyridine rings is 1. The predicted octanol–water partition coefficient (Wildman–Crippen LogP) is 4.93. The van der Waals surface area contributed by atoms with Gasteiger partial charge in [-0.05, 0) is 34.1 Å². The van der Waals surface area contributed by atoms with Gasteiger partial charge in [0, 0.05) is 22.2 Å². The van der Waals surface area contributed by atoms with Gasteiger partial charge in [0.05, 0.1) is 20.5 Å². The molecule has 0 aromatic carbocycles. The van der Waals surface area contributed by atoms with E-state index in [1.165, 1.54) is 28.9 Å². The number of hydrogen-bond donors (Lipinski definition) is 1. The zero-order valence-corrected chi connectivity index (χ0v) is 14.3. The largest absolute Gasteiger partial charge is 0.298 e. The fraction of sp³-hybridized carbons (Fsp3) is 0. The summed E-state index contributed by atoms with van der Waals surface area (Å²) in [6.07, 6.45) is 3.13. The third kappa shape index (κ3) is 3.49. The van der Waals surface area contributed by atoms with Crippen LogP contribution in [0.25, 0.3) is 10.6 Å². The van der Waals surface area contributed by atoms with Crippen molar-refractivity contribution in [3.63, 3.8) is 0 Å². The van der Waals surface area contributed by atoms with Gasteiger partial charge >= 0.3 is 0 Å². The van der Waals surface area contributed by atoms with Crippen LogP contribution in [-0.2, 0) is 0 Å². The lowest BCUT2D eigenvalue weighted by atomic mass is 10.3. The third-order valence-corrected chi connectivity index (χ3v) is 4.96. The van der Waals surface area contributed by atoms with Crippen molar-refractivity contribution < 1.29 is 4.79 Å². The molecule has 0 fully saturated rings. The van der Waals surface area contributed by atoms with E-state index < -0.39 is 0 Å². The van der Waals surface area contributed by atoms with Crippen molar-refractivity contribution in [3.8, 4) is 10.6 Å². The van der Waals surface area contributed by atoms with E-state index >= 15 is 0 Å². The van der Waals surface area contributed by atoms with E-state index in [0.29, 0.717) is 15.0 Å². The van der Waals surface area contributed by atoms with Crippen LogP contribution in [0.1, 0.15) is 10.4 Å². The Kier molecular flexibility index (Phi) is 4.34. The number of anilines is 1. The Balaban J connectivity index is 1.77. The Morgan fingerprint density at radius 2 is 2.19 bits per heavy atom. The van der Waals surface area contributed by atoms with Gasteiger partial charge < -0.3 is 0 Å². The second-order valence-electron chi connectivity index (χ2n) is 3.99. The summed E-state index contributed by atoms with van der Waals surface area (Å²) in [6, 6.07) is 5.44. The van der Waals surface area contributed by atoms with Crippen molar-refractivity contribution in [1.29, 1.82) is 0 Å². The quantitative estimate of drug-likeness (QED) is 0.678. The Labute approximate surface area is 142 Å². The molecule has 1 amide bonds. The number of nitrogens with zero attached hydrogens (tertiary/aromatic N) is 2. The summed E-state index contributed by atoms with van der Waals surface area (Å²) >= 11 is 12.0. The van der Waals surface area contributed by atoms with Crippen LogP contribution >= 0.6 is 50.2 Å². The number of carbonyl (C=O) groups excluding carboxylic acids is 1. The molecule has 0 saturated heterocycles. The van der Waals surface area contributed by atoms with Crippen LogP contribution in [-0.4, -0.2) is 15.9 Å². The van der Waals surface area contributed by atoms with Crippen LogP contribution in [0.5, 0.6) is 0 Å². The summed E-state index contributed by atoms with van der Waals surface area (Å²) < 4.78 is 1.46. The molecule has 0 radical (unpaired) electrons. The summed E-state index contributed by atoms with van der Waals surface area (Å²) in [6.45, 7) is 0. The molecule has 0 bridgehead atoms. The van der Waals surface area contributed by atoms with Crippen molar-refractivity contribution in [2.75, 3.05) is 5.32 Å². The molecule has 0 unspecified atom stereocenters. The maximum atomic E-state index is 12.1. The molecule has 3 aromatic rings. The standard InChI is InChI=1S/C13H7BrClN3OS2/c14-8-3-7(4-16-5-8)12(19)18-13-17-9(6-20-13)10-1-2-11(15)21-10/h1-6H,(H,17,18,19). The minimum Gasteiger partial charge on any atom is -0.298 e. The van der Waals surface area contributed by atoms with E-state index in [0.717, 1.165) is 15.0 Å². The smallest absolute Gasteiger partial charge is 0.259 e. The molecule has 0 spiro atoms. The third-order valence-electron chi connectivity index (χ3n) is 2.52. The lowest BCUT2D eigenvalue weighted by Gasteiger charge is -2.01. The van der Waals surface area contributed by atoms with E-state index in [9.17, 15) is 4.79 Å². The van der Waals surface area contributed by atoms with Gasteiger partial charge in [-0.2, -0.15) is 0 Å². The van der Waals surface area contributed by atoms with Gasteiger partial charge in [0.15, 0.2) is 5.13 Å². The Morgan fingerprint density at radius 3 is 2.90 bits per heavy atom. The van der Waals surface area contributed by atoms with Crippen molar-refractivity contribution in [1.82, 2.24) is 9.97 Å². The monoisotopic (exact) mass is 399 g/mol. The van der Waals surface area contributed by atoms with Crippen LogP contribution in [0.15, 0.2) is 40.4 Å². The number of aromatic nitrogens is 2. The fourth-order valence-electron chi connectivity index (χ4n) is 1.60. The molecule has 0 aliphatic rings. The first kappa shape index (κ1) is 14.6. The summed E-state index contributed by atoms with van der Waals surface area (Å²) in [5, 5.41) is 5.19. The summed E-state index contributed by atoms with van der Waals surface area (Å²) in [7, 11) is 0. The zero-order valence-electron chi connectivity index (χ0n) is 10.3. The van der Waals surface area contributed by atoms with E-state index in [4.69, 9.17) is 11.6 Å². The minimum absolute atomic E-state index is 0.242. The first-order chi connectivity index (χ1) is 10.1. The summed E-state index contributed by atoms with van der Waals surface area (Å²) in [5.74, 6) is -0.242. The van der Waals surface area contributed by atoms with Crippen LogP contribution in [0, 0.1) is 0 Å². The van der Waals surface area contributed by atoms with Gasteiger partial charge in [0.1, 0.15) is 0 Å². The maximum absolute atomic E-state index is 12.1. The van der Waals surface area contributed by atoms with Crippen LogP contribution in [0.3, 0.4) is 0 Å². The molecular formula is C13H7BrClN3OS2. The molecule has 0 saturated carbocycles. The molecule has 3 rings (SSSR count). The molecule has 8 heteroatoms. The van der Waals surface area contributed by atoms with Gasteiger partial charge in [-0.1, -0.05) is 11.6 Å². The number of thiophene rings is 1. The molecule has 21 heavy (non-hydrogen) atoms. The van der Waals surface area contributed by atoms with Crippen LogP contribution < -0.4 is 5.32 Å². The molecule has 0 aliphatic heterocycles. The SMILES string of the molecule is O=C(Nc1nc(-c2ccc(Cl)s2)cs1)c1cncc(Br)c1. The predicted molar refractivity (Wildman–Crippen MR) is 90.3 cm³/mol. The number of halogens is 2. The number of amides is 1. The molecule has 3 aromatic heterocycles. The van der Waals surface area contributed by atoms with Gasteiger partial charge in [-0.15, -0.1) is 22.7 Å². The highest BCUT2D eigenvalue weighted by molar-refractivity contribution is 9.10. The van der Waals surface area contributed by atoms with Gasteiger partial charge in [0.25, 0.3) is 5.91 Å². The van der Waals surface area contributed by atoms with Crippen molar-refractivity contribution >= 4 is 61.2 Å². The molecule has 0 atom stereocenters. The highest BCUT2D eigenvalue weighted by atomic mass is 79.9. The molecule has 1 N–H and O–H groups in total. The Hall–Kier alpha value is -1.28. The number of rotatable bonds is 3. The van der Waals surface area contributed by atoms with Gasteiger partial charge in [-0.3, -0.25) is 15.1 Å². The lowest BCUT2D eigenvalue weighted by molar-refractivity contribution is 0.102. The fourth-order valence-corrected chi connectivity index (χ4v) is 3.75. The molecule has 106 valence electrons. The lowest BCUT2D eigenvalue weighted by Crippen LogP contribution is -2.11. The zero-order chi connectivity index (χ0) is 14.8. The second kappa shape index (κ2) is 6.23. The Morgan fingerprint density at radius 1 is 1.33 bits per heavy atom. The summed E-state index contributed by atoms with van der Waals surface area (Å²) in [5.41, 5.74) is 1.28. The van der Waals surface area contributed by atoms with Crippen molar-refractivity contribution in [2.24, 2.45) is 0 Å². The van der Waals surface area contributed by atoms with E-state index in [-0.39, 0.29) is 5.91 Å². The number of carbonyl (C=O) groups is 1. The first-order valence-electron chi connectivity index (χ1n) is 5.75. The minimum atomic E-state index is -0.242. The van der Waals surface area contributed by atoms with Crippen molar-refractivity contribution in [3.05, 3.63) is 50.3 Å². The second-order valence-corrected chi connectivity index (χ2v) is 7.48. The molecule has 4 nitrogen and oxygen atoms in total. The van der Waals surface area contributed by atoms with E-state index in [1.807, 2.05) is 17.5 Å². The average molecular weight is 401 g/mol. The van der Waals surface area contributed by atoms with Gasteiger partial charge in [0.2, 0.25) is 0 Å². The van der Waals surface area contributed by atoms with Gasteiger partial charge in [-0.25, -0.2) is 4.98 Å². The maximum Gasteiger partial charge on any atom is 0.259 e. The average Bonchev–Trinajstić information content (AvgIpc) is 3.07. The van der Waals surface area contributed by atoms with E-state index in [2.05, 4.69) is 31.2 Å². The van der Waals surface area contributed by atoms with Crippen LogP contribution in [0.4, 0.5) is 5.13 Å². The molecular weight excluding hydrogens is 394 g/mol. The topological polar surface area (TPSA) is 54.9 Å². The van der Waals surface area contributed by atoms with Crippen molar-refractivity contribution in [2.45, 2.75) is 0 Å². The van der Waals surface area contributed by atoms with Crippen LogP contribution in [0.2, 0.25) is 4.34 Å². The number of thiazole rings is 1. The molecule has 0 aliphatic carbocycles. The normalized spacial score (nSPS) is 10.6. The number of nitrogens with one attached hydrogen (secondary N) is 1. The highest BCUT2D eigenvalue weighted by Crippen LogP contribution is 2.32. The first-order valence-corrected chi connectivity index (χ1v) is 8.61. The highest BCUT2D eigenvalue weighted by Gasteiger charge is 2.11. The Bertz CT molecular complexity index is 802. The summed E-state index contributed by atoms with van der Waals surface area (Å²) in [4.78, 5) is 21.4. The van der Waals surface area contributed by atoms with E-state index in [1.54, 1.807) is 12.3 Å². The molecule has 3 heterocycles. The number of hydrogen-bond acceptors (Lipinski definition) is 5.